The van der Waals surface area contributed by atoms with Crippen LogP contribution in [0.1, 0.15) is 322 Å². The highest BCUT2D eigenvalue weighted by Crippen LogP contribution is 2.30. The lowest BCUT2D eigenvalue weighted by molar-refractivity contribution is -0.359. The maximum Gasteiger partial charge on any atom is 0.220 e. The molecule has 2 fully saturated rings. The zero-order valence-electron chi connectivity index (χ0n) is 55.1. The largest absolute Gasteiger partial charge is 0.394 e. The topological polar surface area (TPSA) is 228 Å². The van der Waals surface area contributed by atoms with Gasteiger partial charge in [0, 0.05) is 6.42 Å². The summed E-state index contributed by atoms with van der Waals surface area (Å²) in [6.45, 7) is 2.83. The van der Waals surface area contributed by atoms with Gasteiger partial charge in [0.05, 0.1) is 32.0 Å². The van der Waals surface area contributed by atoms with E-state index in [0.29, 0.717) is 12.8 Å². The maximum atomic E-state index is 13.3. The number of aliphatic hydroxyl groups is 8. The van der Waals surface area contributed by atoms with E-state index in [4.69, 9.17) is 18.9 Å². The third-order valence-corrected chi connectivity index (χ3v) is 17.8. The Morgan fingerprint density at radius 1 is 0.407 bits per heavy atom. The Balaban J connectivity index is 1.66. The second-order valence-corrected chi connectivity index (χ2v) is 25.7. The molecule has 0 spiro atoms. The van der Waals surface area contributed by atoms with Crippen molar-refractivity contribution in [1.29, 1.82) is 0 Å². The van der Waals surface area contributed by atoms with Crippen molar-refractivity contribution in [2.45, 2.75) is 396 Å². The highest BCUT2D eigenvalue weighted by Gasteiger charge is 2.51. The Bertz CT molecular complexity index is 1580. The van der Waals surface area contributed by atoms with E-state index in [1.165, 1.54) is 257 Å². The van der Waals surface area contributed by atoms with Crippen molar-refractivity contribution in [3.05, 3.63) is 36.5 Å². The van der Waals surface area contributed by atoms with Crippen molar-refractivity contribution in [2.24, 2.45) is 0 Å². The molecule has 86 heavy (non-hydrogen) atoms. The summed E-state index contributed by atoms with van der Waals surface area (Å²) >= 11 is 0. The standard InChI is InChI=1S/C72H135NO13/c1-3-5-7-9-11-13-15-17-19-21-23-25-26-27-28-29-30-31-32-33-34-36-38-40-42-44-46-48-50-52-54-56-64(77)73-60(61(76)55-53-51-49-47-45-43-41-39-37-35-24-22-20-18-16-14-12-10-8-6-4-2)59-83-71-69(82)67(80)70(63(58-75)85-71)86-72-68(81)66(79)65(78)62(57-74)84-72/h21,23,45,47,53,55,60-63,65-72,74-76,78-82H,3-20,22,24-44,46,48-52,54,56-59H2,1-2H3,(H,73,77)/b23-21-,47-45+,55-53+. The highest BCUT2D eigenvalue weighted by molar-refractivity contribution is 5.76. The summed E-state index contributed by atoms with van der Waals surface area (Å²) in [4.78, 5) is 13.3. The van der Waals surface area contributed by atoms with Crippen LogP contribution in [0.25, 0.3) is 0 Å². The molecule has 2 aliphatic rings. The van der Waals surface area contributed by atoms with Gasteiger partial charge in [0.15, 0.2) is 12.6 Å². The molecule has 2 rings (SSSR count). The molecular weight excluding hydrogens is 1090 g/mol. The predicted molar refractivity (Wildman–Crippen MR) is 351 cm³/mol. The van der Waals surface area contributed by atoms with Crippen LogP contribution < -0.4 is 5.32 Å². The van der Waals surface area contributed by atoms with Gasteiger partial charge >= 0.3 is 0 Å². The average molecular weight is 1220 g/mol. The number of amides is 1. The fourth-order valence-electron chi connectivity index (χ4n) is 12.0. The summed E-state index contributed by atoms with van der Waals surface area (Å²) in [7, 11) is 0. The van der Waals surface area contributed by atoms with Crippen LogP contribution in [0.15, 0.2) is 36.5 Å². The van der Waals surface area contributed by atoms with E-state index in [-0.39, 0.29) is 18.9 Å². The molecule has 0 bridgehead atoms. The zero-order chi connectivity index (χ0) is 62.3. The summed E-state index contributed by atoms with van der Waals surface area (Å²) in [6, 6.07) is -0.931. The molecule has 12 atom stereocenters. The molecule has 2 heterocycles. The quantitative estimate of drug-likeness (QED) is 0.0204. The van der Waals surface area contributed by atoms with Crippen LogP contribution in [0.2, 0.25) is 0 Å². The van der Waals surface area contributed by atoms with E-state index in [9.17, 15) is 45.6 Å². The van der Waals surface area contributed by atoms with Crippen molar-refractivity contribution >= 4 is 5.91 Å². The number of hydrogen-bond donors (Lipinski definition) is 9. The lowest BCUT2D eigenvalue weighted by Gasteiger charge is -2.46. The normalized spacial score (nSPS) is 23.6. The third kappa shape index (κ3) is 40.8. The van der Waals surface area contributed by atoms with Gasteiger partial charge in [0.1, 0.15) is 48.8 Å². The zero-order valence-corrected chi connectivity index (χ0v) is 55.1. The first-order valence-electron chi connectivity index (χ1n) is 36.2. The van der Waals surface area contributed by atoms with Crippen LogP contribution in [0, 0.1) is 0 Å². The Kier molecular flexibility index (Phi) is 53.4. The number of carbonyl (C=O) groups excluding carboxylic acids is 1. The first-order valence-corrected chi connectivity index (χ1v) is 36.2. The minimum atomic E-state index is -1.79. The van der Waals surface area contributed by atoms with Gasteiger partial charge in [0.25, 0.3) is 0 Å². The van der Waals surface area contributed by atoms with Crippen LogP contribution in [0.3, 0.4) is 0 Å². The molecule has 0 saturated carbocycles. The molecule has 14 nitrogen and oxygen atoms in total. The Morgan fingerprint density at radius 2 is 0.744 bits per heavy atom. The van der Waals surface area contributed by atoms with E-state index >= 15 is 0 Å². The van der Waals surface area contributed by atoms with E-state index in [2.05, 4.69) is 43.5 Å². The lowest BCUT2D eigenvalue weighted by Crippen LogP contribution is -2.65. The molecule has 14 heteroatoms. The van der Waals surface area contributed by atoms with E-state index < -0.39 is 86.8 Å². The summed E-state index contributed by atoms with van der Waals surface area (Å²) in [5, 5.41) is 87.4. The second kappa shape index (κ2) is 57.1. The summed E-state index contributed by atoms with van der Waals surface area (Å²) in [5.74, 6) is -0.243. The van der Waals surface area contributed by atoms with E-state index in [0.717, 1.165) is 32.1 Å². The minimum Gasteiger partial charge on any atom is -0.394 e. The average Bonchev–Trinajstić information content (AvgIpc) is 2.54. The number of carbonyl (C=O) groups is 1. The van der Waals surface area contributed by atoms with Crippen LogP contribution in [-0.2, 0) is 23.7 Å². The number of hydrogen-bond acceptors (Lipinski definition) is 13. The van der Waals surface area contributed by atoms with Gasteiger partial charge in [-0.25, -0.2) is 0 Å². The molecule has 12 unspecified atom stereocenters. The molecule has 0 aliphatic carbocycles. The highest BCUT2D eigenvalue weighted by atomic mass is 16.7. The third-order valence-electron chi connectivity index (χ3n) is 17.8. The smallest absolute Gasteiger partial charge is 0.220 e. The van der Waals surface area contributed by atoms with E-state index in [1.54, 1.807) is 6.08 Å². The molecule has 506 valence electrons. The molecule has 0 radical (unpaired) electrons. The van der Waals surface area contributed by atoms with Gasteiger partial charge in [0.2, 0.25) is 5.91 Å². The van der Waals surface area contributed by atoms with E-state index in [1.807, 2.05) is 6.08 Å². The number of allylic oxidation sites excluding steroid dienone is 5. The first-order chi connectivity index (χ1) is 42.1. The molecule has 0 aromatic rings. The summed E-state index contributed by atoms with van der Waals surface area (Å²) in [5.41, 5.74) is 0. The van der Waals surface area contributed by atoms with Gasteiger partial charge in [-0.3, -0.25) is 4.79 Å². The molecular formula is C72H135NO13. The van der Waals surface area contributed by atoms with Crippen LogP contribution in [-0.4, -0.2) is 140 Å². The summed E-state index contributed by atoms with van der Waals surface area (Å²) in [6.07, 6.45) is 56.4. The summed E-state index contributed by atoms with van der Waals surface area (Å²) < 4.78 is 22.8. The van der Waals surface area contributed by atoms with Gasteiger partial charge in [-0.05, 0) is 57.8 Å². The fraction of sp³-hybridized carbons (Fsp3) is 0.903. The molecule has 2 saturated heterocycles. The van der Waals surface area contributed by atoms with Crippen LogP contribution >= 0.6 is 0 Å². The SMILES string of the molecule is CCCCCCCCCC/C=C\CCCCCCCCCCCCCCCCCCCCCC(=O)NC(COC1OC(CO)C(OC2OC(CO)C(O)C(O)C2O)C(O)C1O)C(O)/C=C/CC/C=C/CCCCCCCCCCCCCCCCC. The van der Waals surface area contributed by atoms with Crippen molar-refractivity contribution < 1.29 is 64.6 Å². The maximum absolute atomic E-state index is 13.3. The monoisotopic (exact) mass is 1220 g/mol. The molecule has 9 N–H and O–H groups in total. The number of nitrogens with one attached hydrogen (secondary N) is 1. The van der Waals surface area contributed by atoms with Gasteiger partial charge in [-0.15, -0.1) is 0 Å². The van der Waals surface area contributed by atoms with Crippen molar-refractivity contribution in [3.63, 3.8) is 0 Å². The number of rotatable bonds is 60. The molecule has 0 aromatic carbocycles. The van der Waals surface area contributed by atoms with Gasteiger partial charge in [-0.1, -0.05) is 294 Å². The Morgan fingerprint density at radius 3 is 1.14 bits per heavy atom. The Hall–Kier alpha value is -1.79. The first kappa shape index (κ1) is 80.3. The lowest BCUT2D eigenvalue weighted by atomic mass is 9.97. The van der Waals surface area contributed by atoms with Crippen LogP contribution in [0.5, 0.6) is 0 Å². The number of aliphatic hydroxyl groups excluding tert-OH is 8. The molecule has 0 aromatic heterocycles. The van der Waals surface area contributed by atoms with Gasteiger partial charge < -0.3 is 65.1 Å². The predicted octanol–water partition coefficient (Wildman–Crippen LogP) is 14.9. The van der Waals surface area contributed by atoms with Gasteiger partial charge in [-0.2, -0.15) is 0 Å². The Labute approximate surface area is 525 Å². The second-order valence-electron chi connectivity index (χ2n) is 25.7. The van der Waals surface area contributed by atoms with Crippen molar-refractivity contribution in [2.75, 3.05) is 19.8 Å². The number of ether oxygens (including phenoxy) is 4. The van der Waals surface area contributed by atoms with Crippen molar-refractivity contribution in [1.82, 2.24) is 5.32 Å². The molecule has 1 amide bonds. The number of unbranched alkanes of at least 4 members (excludes halogenated alkanes) is 43. The van der Waals surface area contributed by atoms with Crippen molar-refractivity contribution in [3.8, 4) is 0 Å². The van der Waals surface area contributed by atoms with Crippen LogP contribution in [0.4, 0.5) is 0 Å². The molecule has 2 aliphatic heterocycles. The fourth-order valence-corrected chi connectivity index (χ4v) is 12.0. The minimum absolute atomic E-state index is 0.243.